The minimum atomic E-state index is -3.75. The Morgan fingerprint density at radius 2 is 1.96 bits per heavy atom. The van der Waals surface area contributed by atoms with Crippen LogP contribution < -0.4 is 10.0 Å². The summed E-state index contributed by atoms with van der Waals surface area (Å²) in [6.07, 6.45) is 3.18. The number of carbonyl (C=O) groups is 1. The molecule has 0 aromatic heterocycles. The van der Waals surface area contributed by atoms with E-state index in [1.165, 1.54) is 12.1 Å². The molecule has 8 heteroatoms. The van der Waals surface area contributed by atoms with E-state index >= 15 is 0 Å². The number of carbonyl (C=O) groups excluding carboxylic acids is 1. The Hall–Kier alpha value is -1.51. The Balaban J connectivity index is 1.71. The molecule has 1 aromatic rings. The van der Waals surface area contributed by atoms with Crippen molar-refractivity contribution in [2.45, 2.75) is 43.1 Å². The molecule has 2 rings (SSSR count). The molecule has 1 fully saturated rings. The number of aliphatic hydroxyl groups is 1. The molecule has 2 atom stereocenters. The van der Waals surface area contributed by atoms with Gasteiger partial charge in [0.25, 0.3) is 0 Å². The van der Waals surface area contributed by atoms with Crippen LogP contribution in [0.5, 0.6) is 0 Å². The van der Waals surface area contributed by atoms with E-state index in [0.717, 1.165) is 31.4 Å². The summed E-state index contributed by atoms with van der Waals surface area (Å²) >= 11 is 0. The average molecular weight is 358 g/mol. The number of hydrogen-bond acceptors (Lipinski definition) is 4. The Kier molecular flexibility index (Phi) is 6.70. The number of amides is 1. The summed E-state index contributed by atoms with van der Waals surface area (Å²) in [5.74, 6) is -0.480. The highest BCUT2D eigenvalue weighted by atomic mass is 32.2. The summed E-state index contributed by atoms with van der Waals surface area (Å²) in [4.78, 5) is 11.7. The minimum absolute atomic E-state index is 0.0235. The van der Waals surface area contributed by atoms with Gasteiger partial charge >= 0.3 is 0 Å². The molecule has 1 aliphatic carbocycles. The SMILES string of the molecule is O=C(CCNS(=O)(=O)c1ccc(F)cc1)NCC1CCCC(O)C1. The lowest BCUT2D eigenvalue weighted by Gasteiger charge is -2.25. The van der Waals surface area contributed by atoms with E-state index in [0.29, 0.717) is 13.0 Å². The van der Waals surface area contributed by atoms with Gasteiger partial charge in [-0.15, -0.1) is 0 Å². The Bertz CT molecular complexity index is 649. The Labute approximate surface area is 141 Å². The van der Waals surface area contributed by atoms with Gasteiger partial charge in [0, 0.05) is 19.5 Å². The van der Waals surface area contributed by atoms with Gasteiger partial charge in [0.15, 0.2) is 0 Å². The first-order valence-electron chi connectivity index (χ1n) is 8.07. The van der Waals surface area contributed by atoms with Crippen molar-refractivity contribution in [1.82, 2.24) is 10.0 Å². The molecule has 24 heavy (non-hydrogen) atoms. The number of hydrogen-bond donors (Lipinski definition) is 3. The van der Waals surface area contributed by atoms with Crippen molar-refractivity contribution in [3.8, 4) is 0 Å². The van der Waals surface area contributed by atoms with Gasteiger partial charge in [0.2, 0.25) is 15.9 Å². The summed E-state index contributed by atoms with van der Waals surface area (Å²) in [5.41, 5.74) is 0. The van der Waals surface area contributed by atoms with Gasteiger partial charge in [0.05, 0.1) is 11.0 Å². The summed E-state index contributed by atoms with van der Waals surface area (Å²) in [5, 5.41) is 12.4. The molecule has 1 aromatic carbocycles. The first-order valence-corrected chi connectivity index (χ1v) is 9.55. The molecule has 2 unspecified atom stereocenters. The van der Waals surface area contributed by atoms with Gasteiger partial charge in [-0.1, -0.05) is 6.42 Å². The molecule has 134 valence electrons. The van der Waals surface area contributed by atoms with Crippen molar-refractivity contribution < 1.29 is 22.7 Å². The molecule has 1 aliphatic rings. The third kappa shape index (κ3) is 5.85. The first kappa shape index (κ1) is 18.8. The summed E-state index contributed by atoms with van der Waals surface area (Å²) < 4.78 is 39.1. The number of aliphatic hydroxyl groups excluding tert-OH is 1. The fourth-order valence-corrected chi connectivity index (χ4v) is 3.82. The van der Waals surface area contributed by atoms with Crippen molar-refractivity contribution >= 4 is 15.9 Å². The maximum Gasteiger partial charge on any atom is 0.240 e. The zero-order valence-electron chi connectivity index (χ0n) is 13.4. The fourth-order valence-electron chi connectivity index (χ4n) is 2.79. The second-order valence-corrected chi connectivity index (χ2v) is 7.86. The second kappa shape index (κ2) is 8.55. The zero-order chi connectivity index (χ0) is 17.6. The quantitative estimate of drug-likeness (QED) is 0.682. The monoisotopic (exact) mass is 358 g/mol. The predicted molar refractivity (Wildman–Crippen MR) is 87.2 cm³/mol. The fraction of sp³-hybridized carbons (Fsp3) is 0.562. The molecule has 1 amide bonds. The van der Waals surface area contributed by atoms with Gasteiger partial charge in [-0.05, 0) is 49.4 Å². The third-order valence-electron chi connectivity index (χ3n) is 4.11. The molecule has 0 heterocycles. The lowest BCUT2D eigenvalue weighted by atomic mass is 9.87. The van der Waals surface area contributed by atoms with Gasteiger partial charge in [0.1, 0.15) is 5.82 Å². The van der Waals surface area contributed by atoms with E-state index in [-0.39, 0.29) is 35.8 Å². The molecular weight excluding hydrogens is 335 g/mol. The maximum atomic E-state index is 12.8. The minimum Gasteiger partial charge on any atom is -0.393 e. The van der Waals surface area contributed by atoms with Crippen molar-refractivity contribution in [2.24, 2.45) is 5.92 Å². The van der Waals surface area contributed by atoms with Crippen LogP contribution in [0.4, 0.5) is 4.39 Å². The highest BCUT2D eigenvalue weighted by Crippen LogP contribution is 2.23. The molecule has 0 aliphatic heterocycles. The molecule has 0 bridgehead atoms. The van der Waals surface area contributed by atoms with Crippen LogP contribution in [0.15, 0.2) is 29.2 Å². The number of benzene rings is 1. The Morgan fingerprint density at radius 3 is 2.62 bits per heavy atom. The van der Waals surface area contributed by atoms with Crippen molar-refractivity contribution in [2.75, 3.05) is 13.1 Å². The van der Waals surface area contributed by atoms with E-state index in [1.54, 1.807) is 0 Å². The van der Waals surface area contributed by atoms with Crippen LogP contribution in [-0.2, 0) is 14.8 Å². The summed E-state index contributed by atoms with van der Waals surface area (Å²) in [7, 11) is -3.75. The maximum absolute atomic E-state index is 12.8. The van der Waals surface area contributed by atoms with Crippen molar-refractivity contribution in [3.63, 3.8) is 0 Å². The standard InChI is InChI=1S/C16H23FN2O4S/c17-13-4-6-15(7-5-13)24(22,23)19-9-8-16(21)18-11-12-2-1-3-14(20)10-12/h4-7,12,14,19-20H,1-3,8-11H2,(H,18,21). The van der Waals surface area contributed by atoms with E-state index in [1.807, 2.05) is 0 Å². The predicted octanol–water partition coefficient (Wildman–Crippen LogP) is 1.16. The molecule has 0 saturated heterocycles. The topological polar surface area (TPSA) is 95.5 Å². The smallest absolute Gasteiger partial charge is 0.240 e. The number of rotatable bonds is 7. The molecule has 3 N–H and O–H groups in total. The molecule has 0 spiro atoms. The number of nitrogens with one attached hydrogen (secondary N) is 2. The third-order valence-corrected chi connectivity index (χ3v) is 5.59. The van der Waals surface area contributed by atoms with Crippen LogP contribution in [-0.4, -0.2) is 38.6 Å². The van der Waals surface area contributed by atoms with E-state index in [2.05, 4.69) is 10.0 Å². The van der Waals surface area contributed by atoms with Crippen LogP contribution in [0.3, 0.4) is 0 Å². The van der Waals surface area contributed by atoms with Gasteiger partial charge in [-0.3, -0.25) is 4.79 Å². The average Bonchev–Trinajstić information content (AvgIpc) is 2.53. The van der Waals surface area contributed by atoms with Crippen molar-refractivity contribution in [1.29, 1.82) is 0 Å². The largest absolute Gasteiger partial charge is 0.393 e. The van der Waals surface area contributed by atoms with Crippen molar-refractivity contribution in [3.05, 3.63) is 30.1 Å². The van der Waals surface area contributed by atoms with Crippen LogP contribution in [0.25, 0.3) is 0 Å². The second-order valence-electron chi connectivity index (χ2n) is 6.09. The highest BCUT2D eigenvalue weighted by molar-refractivity contribution is 7.89. The van der Waals surface area contributed by atoms with E-state index in [9.17, 15) is 22.7 Å². The Morgan fingerprint density at radius 1 is 1.25 bits per heavy atom. The van der Waals surface area contributed by atoms with Crippen LogP contribution >= 0.6 is 0 Å². The van der Waals surface area contributed by atoms with Crippen LogP contribution in [0.1, 0.15) is 32.1 Å². The lowest BCUT2D eigenvalue weighted by Crippen LogP contribution is -2.35. The molecule has 6 nitrogen and oxygen atoms in total. The van der Waals surface area contributed by atoms with E-state index in [4.69, 9.17) is 0 Å². The normalized spacial score (nSPS) is 21.4. The highest BCUT2D eigenvalue weighted by Gasteiger charge is 2.20. The summed E-state index contributed by atoms with van der Waals surface area (Å²) in [6, 6.07) is 4.48. The molecule has 1 saturated carbocycles. The van der Waals surface area contributed by atoms with Gasteiger partial charge in [-0.25, -0.2) is 17.5 Å². The lowest BCUT2D eigenvalue weighted by molar-refractivity contribution is -0.121. The number of halogens is 1. The van der Waals surface area contributed by atoms with E-state index < -0.39 is 15.8 Å². The number of sulfonamides is 1. The van der Waals surface area contributed by atoms with Crippen LogP contribution in [0.2, 0.25) is 0 Å². The first-order chi connectivity index (χ1) is 11.4. The zero-order valence-corrected chi connectivity index (χ0v) is 14.2. The van der Waals surface area contributed by atoms with Gasteiger partial charge in [-0.2, -0.15) is 0 Å². The molecule has 0 radical (unpaired) electrons. The summed E-state index contributed by atoms with van der Waals surface area (Å²) in [6.45, 7) is 0.472. The molecular formula is C16H23FN2O4S. The van der Waals surface area contributed by atoms with Gasteiger partial charge < -0.3 is 10.4 Å². The van der Waals surface area contributed by atoms with Crippen LogP contribution in [0, 0.1) is 11.7 Å².